The van der Waals surface area contributed by atoms with Gasteiger partial charge in [0.05, 0.1) is 6.10 Å². The Morgan fingerprint density at radius 2 is 1.80 bits per heavy atom. The van der Waals surface area contributed by atoms with E-state index in [1.54, 1.807) is 0 Å². The summed E-state index contributed by atoms with van der Waals surface area (Å²) in [5.74, 6) is 0.966. The van der Waals surface area contributed by atoms with Crippen LogP contribution in [-0.2, 0) is 0 Å². The summed E-state index contributed by atoms with van der Waals surface area (Å²) < 4.78 is 5.89. The summed E-state index contributed by atoms with van der Waals surface area (Å²) in [5, 5.41) is 0. The smallest absolute Gasteiger partial charge is 0.120 e. The van der Waals surface area contributed by atoms with E-state index in [0.717, 1.165) is 18.6 Å². The molecule has 1 aromatic carbocycles. The maximum Gasteiger partial charge on any atom is 0.120 e. The van der Waals surface area contributed by atoms with Crippen molar-refractivity contribution in [2.75, 3.05) is 6.54 Å². The van der Waals surface area contributed by atoms with Crippen molar-refractivity contribution in [2.45, 2.75) is 39.7 Å². The Morgan fingerprint density at radius 3 is 2.27 bits per heavy atom. The van der Waals surface area contributed by atoms with Crippen LogP contribution in [0.1, 0.15) is 30.9 Å². The number of hydrogen-bond donors (Lipinski definition) is 1. The van der Waals surface area contributed by atoms with Crippen LogP contribution in [0, 0.1) is 13.8 Å². The Labute approximate surface area is 92.4 Å². The first-order valence-corrected chi connectivity index (χ1v) is 5.60. The van der Waals surface area contributed by atoms with E-state index in [0.29, 0.717) is 6.54 Å². The Balaban J connectivity index is 2.69. The molecule has 0 radical (unpaired) electrons. The molecule has 0 spiro atoms. The van der Waals surface area contributed by atoms with Crippen LogP contribution in [0.5, 0.6) is 5.75 Å². The molecular formula is C13H21NO. The molecule has 1 atom stereocenters. The normalized spacial score (nSPS) is 12.5. The molecule has 2 N–H and O–H groups in total. The zero-order valence-corrected chi connectivity index (χ0v) is 9.92. The molecule has 84 valence electrons. The molecule has 0 heterocycles. The molecule has 2 nitrogen and oxygen atoms in total. The first kappa shape index (κ1) is 12.1. The molecule has 0 aliphatic heterocycles. The van der Waals surface area contributed by atoms with Gasteiger partial charge in [-0.3, -0.25) is 0 Å². The third-order valence-electron chi connectivity index (χ3n) is 2.44. The van der Waals surface area contributed by atoms with E-state index in [4.69, 9.17) is 10.5 Å². The molecule has 1 rings (SSSR count). The average Bonchev–Trinajstić information content (AvgIpc) is 2.15. The second kappa shape index (κ2) is 5.76. The highest BCUT2D eigenvalue weighted by Gasteiger charge is 2.07. The molecule has 0 bridgehead atoms. The molecule has 0 amide bonds. The fourth-order valence-corrected chi connectivity index (χ4v) is 1.73. The van der Waals surface area contributed by atoms with Crippen LogP contribution in [0.25, 0.3) is 0 Å². The van der Waals surface area contributed by atoms with Crippen LogP contribution in [0.3, 0.4) is 0 Å². The third kappa shape index (κ3) is 3.92. The summed E-state index contributed by atoms with van der Waals surface area (Å²) in [4.78, 5) is 0. The van der Waals surface area contributed by atoms with Crippen molar-refractivity contribution in [3.63, 3.8) is 0 Å². The number of aryl methyl sites for hydroxylation is 2. The minimum Gasteiger partial charge on any atom is -0.490 e. The Hall–Kier alpha value is -1.02. The van der Waals surface area contributed by atoms with Crippen molar-refractivity contribution < 1.29 is 4.74 Å². The van der Waals surface area contributed by atoms with Crippen molar-refractivity contribution in [2.24, 2.45) is 5.73 Å². The van der Waals surface area contributed by atoms with Gasteiger partial charge in [-0.25, -0.2) is 0 Å². The molecule has 2 heteroatoms. The second-order valence-corrected chi connectivity index (χ2v) is 4.05. The Bertz CT molecular complexity index is 289. The van der Waals surface area contributed by atoms with Gasteiger partial charge in [-0.1, -0.05) is 13.0 Å². The summed E-state index contributed by atoms with van der Waals surface area (Å²) in [6, 6.07) is 6.30. The maximum absolute atomic E-state index is 5.89. The molecule has 15 heavy (non-hydrogen) atoms. The number of hydrogen-bond acceptors (Lipinski definition) is 2. The van der Waals surface area contributed by atoms with Gasteiger partial charge in [0.15, 0.2) is 0 Å². The van der Waals surface area contributed by atoms with E-state index < -0.39 is 0 Å². The molecular weight excluding hydrogens is 186 g/mol. The first-order valence-electron chi connectivity index (χ1n) is 5.60. The summed E-state index contributed by atoms with van der Waals surface area (Å²) in [6.45, 7) is 6.99. The van der Waals surface area contributed by atoms with E-state index >= 15 is 0 Å². The fourth-order valence-electron chi connectivity index (χ4n) is 1.73. The molecule has 0 aliphatic rings. The zero-order valence-electron chi connectivity index (χ0n) is 9.92. The van der Waals surface area contributed by atoms with Gasteiger partial charge >= 0.3 is 0 Å². The topological polar surface area (TPSA) is 35.2 Å². The lowest BCUT2D eigenvalue weighted by Gasteiger charge is -2.17. The number of rotatable bonds is 5. The van der Waals surface area contributed by atoms with Gasteiger partial charge in [0.2, 0.25) is 0 Å². The number of benzene rings is 1. The van der Waals surface area contributed by atoms with Gasteiger partial charge in [-0.2, -0.15) is 0 Å². The molecule has 0 saturated heterocycles. The first-order chi connectivity index (χ1) is 7.15. The lowest BCUT2D eigenvalue weighted by Crippen LogP contribution is -2.19. The summed E-state index contributed by atoms with van der Waals surface area (Å²) in [5.41, 5.74) is 8.02. The van der Waals surface area contributed by atoms with Gasteiger partial charge in [-0.15, -0.1) is 0 Å². The van der Waals surface area contributed by atoms with Gasteiger partial charge in [-0.05, 0) is 56.5 Å². The van der Waals surface area contributed by atoms with Crippen molar-refractivity contribution in [1.29, 1.82) is 0 Å². The quantitative estimate of drug-likeness (QED) is 0.805. The van der Waals surface area contributed by atoms with Gasteiger partial charge < -0.3 is 10.5 Å². The van der Waals surface area contributed by atoms with Crippen LogP contribution in [0.2, 0.25) is 0 Å². The largest absolute Gasteiger partial charge is 0.490 e. The molecule has 0 saturated carbocycles. The molecule has 0 aromatic heterocycles. The van der Waals surface area contributed by atoms with Crippen LogP contribution >= 0.6 is 0 Å². The van der Waals surface area contributed by atoms with Crippen molar-refractivity contribution >= 4 is 0 Å². The summed E-state index contributed by atoms with van der Waals surface area (Å²) in [7, 11) is 0. The van der Waals surface area contributed by atoms with E-state index in [-0.39, 0.29) is 6.10 Å². The van der Waals surface area contributed by atoms with Crippen LogP contribution in [0.4, 0.5) is 0 Å². The maximum atomic E-state index is 5.89. The third-order valence-corrected chi connectivity index (χ3v) is 2.44. The average molecular weight is 207 g/mol. The Morgan fingerprint density at radius 1 is 1.20 bits per heavy atom. The van der Waals surface area contributed by atoms with Crippen LogP contribution in [-0.4, -0.2) is 12.6 Å². The van der Waals surface area contributed by atoms with Gasteiger partial charge in [0.1, 0.15) is 5.75 Å². The highest BCUT2D eigenvalue weighted by atomic mass is 16.5. The molecule has 1 unspecified atom stereocenters. The van der Waals surface area contributed by atoms with Crippen molar-refractivity contribution in [1.82, 2.24) is 0 Å². The van der Waals surface area contributed by atoms with Crippen LogP contribution < -0.4 is 10.5 Å². The summed E-state index contributed by atoms with van der Waals surface area (Å²) >= 11 is 0. The van der Waals surface area contributed by atoms with Crippen molar-refractivity contribution in [3.05, 3.63) is 29.3 Å². The highest BCUT2D eigenvalue weighted by Crippen LogP contribution is 2.19. The fraction of sp³-hybridized carbons (Fsp3) is 0.538. The predicted octanol–water partition coefficient (Wildman–Crippen LogP) is 2.81. The van der Waals surface area contributed by atoms with E-state index in [9.17, 15) is 0 Å². The standard InChI is InChI=1S/C13H21NO/c1-4-12(5-6-14)15-13-8-10(2)7-11(3)9-13/h7-9,12H,4-6,14H2,1-3H3. The second-order valence-electron chi connectivity index (χ2n) is 4.05. The number of nitrogens with two attached hydrogens (primary N) is 1. The van der Waals surface area contributed by atoms with E-state index in [2.05, 4.69) is 39.0 Å². The van der Waals surface area contributed by atoms with Gasteiger partial charge in [0, 0.05) is 0 Å². The number of ether oxygens (including phenoxy) is 1. The highest BCUT2D eigenvalue weighted by molar-refractivity contribution is 5.33. The van der Waals surface area contributed by atoms with Crippen molar-refractivity contribution in [3.8, 4) is 5.75 Å². The Kier molecular flexibility index (Phi) is 4.63. The lowest BCUT2D eigenvalue weighted by atomic mass is 10.1. The zero-order chi connectivity index (χ0) is 11.3. The molecule has 0 aliphatic carbocycles. The van der Waals surface area contributed by atoms with Gasteiger partial charge in [0.25, 0.3) is 0 Å². The minimum absolute atomic E-state index is 0.246. The van der Waals surface area contributed by atoms with E-state index in [1.807, 2.05) is 0 Å². The molecule has 1 aromatic rings. The minimum atomic E-state index is 0.246. The van der Waals surface area contributed by atoms with E-state index in [1.165, 1.54) is 11.1 Å². The summed E-state index contributed by atoms with van der Waals surface area (Å²) in [6.07, 6.45) is 2.17. The predicted molar refractivity (Wildman–Crippen MR) is 64.3 cm³/mol. The van der Waals surface area contributed by atoms with Crippen LogP contribution in [0.15, 0.2) is 18.2 Å². The molecule has 0 fully saturated rings. The lowest BCUT2D eigenvalue weighted by molar-refractivity contribution is 0.189. The SMILES string of the molecule is CCC(CCN)Oc1cc(C)cc(C)c1. The monoisotopic (exact) mass is 207 g/mol.